The number of nitrogens with zero attached hydrogens (tertiary/aromatic N) is 2. The van der Waals surface area contributed by atoms with Crippen molar-refractivity contribution in [1.29, 1.82) is 5.26 Å². The number of hydrogen-bond acceptors (Lipinski definition) is 4. The summed E-state index contributed by atoms with van der Waals surface area (Å²) in [6.45, 7) is 0. The lowest BCUT2D eigenvalue weighted by Crippen LogP contribution is -2.20. The zero-order valence-electron chi connectivity index (χ0n) is 12.7. The minimum atomic E-state index is -0.0886. The van der Waals surface area contributed by atoms with Gasteiger partial charge in [-0.3, -0.25) is 0 Å². The van der Waals surface area contributed by atoms with E-state index in [-0.39, 0.29) is 4.08 Å². The smallest absolute Gasteiger partial charge is 0.126 e. The Labute approximate surface area is 139 Å². The van der Waals surface area contributed by atoms with Crippen LogP contribution in [0, 0.1) is 11.3 Å². The highest BCUT2D eigenvalue weighted by atomic mass is 32.2. The third kappa shape index (κ3) is 2.51. The van der Waals surface area contributed by atoms with Gasteiger partial charge >= 0.3 is 0 Å². The largest absolute Gasteiger partial charge is 0.497 e. The van der Waals surface area contributed by atoms with Gasteiger partial charge in [-0.05, 0) is 29.8 Å². The maximum Gasteiger partial charge on any atom is 0.126 e. The first kappa shape index (κ1) is 15.4. The van der Waals surface area contributed by atoms with Crippen LogP contribution in [-0.4, -0.2) is 23.2 Å². The normalized spacial score (nSPS) is 16.4. The molecule has 0 N–H and O–H groups in total. The number of nitriles is 1. The summed E-state index contributed by atoms with van der Waals surface area (Å²) in [5, 5.41) is 8.97. The van der Waals surface area contributed by atoms with Gasteiger partial charge in [-0.25, -0.2) is 0 Å². The molecule has 1 aromatic heterocycles. The molecule has 5 heteroatoms. The van der Waals surface area contributed by atoms with Gasteiger partial charge in [0.15, 0.2) is 0 Å². The molecule has 2 aromatic rings. The number of ether oxygens (including phenoxy) is 1. The van der Waals surface area contributed by atoms with Gasteiger partial charge in [-0.2, -0.15) is 5.26 Å². The topological polar surface area (TPSA) is 37.9 Å². The lowest BCUT2D eigenvalue weighted by Gasteiger charge is -2.29. The Bertz CT molecular complexity index is 694. The number of thioether (sulfide) groups is 2. The molecule has 0 bridgehead atoms. The summed E-state index contributed by atoms with van der Waals surface area (Å²) in [5.74, 6) is 3.15. The van der Waals surface area contributed by atoms with Crippen LogP contribution in [-0.2, 0) is 17.5 Å². The van der Waals surface area contributed by atoms with Gasteiger partial charge in [-0.1, -0.05) is 12.1 Å². The summed E-state index contributed by atoms with van der Waals surface area (Å²) >= 11 is 3.95. The van der Waals surface area contributed by atoms with Crippen molar-refractivity contribution in [3.8, 4) is 11.8 Å². The summed E-state index contributed by atoms with van der Waals surface area (Å²) in [6.07, 6.45) is 0.449. The molecule has 0 radical (unpaired) electrons. The fourth-order valence-corrected chi connectivity index (χ4v) is 6.21. The first-order valence-electron chi connectivity index (χ1n) is 7.16. The molecular formula is C17H18N2OS2. The molecule has 1 aliphatic rings. The van der Waals surface area contributed by atoms with Crippen molar-refractivity contribution in [3.05, 3.63) is 53.3 Å². The molecule has 1 fully saturated rings. The molecule has 0 amide bonds. The molecule has 0 saturated carbocycles. The Balaban J connectivity index is 2.06. The fourth-order valence-electron chi connectivity index (χ4n) is 2.83. The van der Waals surface area contributed by atoms with Gasteiger partial charge < -0.3 is 9.30 Å². The van der Waals surface area contributed by atoms with E-state index in [9.17, 15) is 0 Å². The second-order valence-corrected chi connectivity index (χ2v) is 8.02. The van der Waals surface area contributed by atoms with Crippen molar-refractivity contribution < 1.29 is 4.74 Å². The van der Waals surface area contributed by atoms with E-state index in [2.05, 4.69) is 41.9 Å². The first-order chi connectivity index (χ1) is 10.7. The van der Waals surface area contributed by atoms with Gasteiger partial charge in [0.1, 0.15) is 9.83 Å². The number of methoxy groups -OCH3 is 1. The maximum absolute atomic E-state index is 8.97. The Kier molecular flexibility index (Phi) is 4.42. The molecule has 3 rings (SSSR count). The van der Waals surface area contributed by atoms with Crippen molar-refractivity contribution in [1.82, 2.24) is 4.57 Å². The van der Waals surface area contributed by atoms with Crippen molar-refractivity contribution in [2.75, 3.05) is 18.6 Å². The van der Waals surface area contributed by atoms with Crippen LogP contribution >= 0.6 is 23.5 Å². The SMILES string of the molecule is COc1ccc(C2(c3ccc(CC#N)n3C)SCCS2)cc1. The van der Waals surface area contributed by atoms with Crippen LogP contribution in [0.5, 0.6) is 5.75 Å². The highest BCUT2D eigenvalue weighted by Gasteiger charge is 2.41. The van der Waals surface area contributed by atoms with E-state index in [0.29, 0.717) is 6.42 Å². The predicted molar refractivity (Wildman–Crippen MR) is 93.4 cm³/mol. The second kappa shape index (κ2) is 6.31. The number of hydrogen-bond donors (Lipinski definition) is 0. The van der Waals surface area contributed by atoms with E-state index in [1.54, 1.807) is 7.11 Å². The second-order valence-electron chi connectivity index (χ2n) is 5.15. The summed E-state index contributed by atoms with van der Waals surface area (Å²) < 4.78 is 7.37. The van der Waals surface area contributed by atoms with Crippen molar-refractivity contribution in [2.45, 2.75) is 10.5 Å². The molecule has 0 atom stereocenters. The molecule has 2 heterocycles. The van der Waals surface area contributed by atoms with Crippen LogP contribution < -0.4 is 4.74 Å². The summed E-state index contributed by atoms with van der Waals surface area (Å²) in [7, 11) is 3.75. The highest BCUT2D eigenvalue weighted by molar-refractivity contribution is 8.20. The van der Waals surface area contributed by atoms with E-state index in [1.165, 1.54) is 11.3 Å². The Morgan fingerprint density at radius 2 is 1.86 bits per heavy atom. The number of benzene rings is 1. The monoisotopic (exact) mass is 330 g/mol. The van der Waals surface area contributed by atoms with E-state index < -0.39 is 0 Å². The van der Waals surface area contributed by atoms with Crippen LogP contribution in [0.4, 0.5) is 0 Å². The molecular weight excluding hydrogens is 312 g/mol. The Morgan fingerprint density at radius 1 is 1.18 bits per heavy atom. The van der Waals surface area contributed by atoms with Gasteiger partial charge in [0.2, 0.25) is 0 Å². The van der Waals surface area contributed by atoms with Gasteiger partial charge in [0.05, 0.1) is 19.6 Å². The van der Waals surface area contributed by atoms with Crippen molar-refractivity contribution in [3.63, 3.8) is 0 Å². The van der Waals surface area contributed by atoms with Crippen LogP contribution in [0.15, 0.2) is 36.4 Å². The zero-order valence-corrected chi connectivity index (χ0v) is 14.3. The summed E-state index contributed by atoms with van der Waals surface area (Å²) in [5.41, 5.74) is 3.61. The predicted octanol–water partition coefficient (Wildman–Crippen LogP) is 3.78. The van der Waals surface area contributed by atoms with Crippen LogP contribution in [0.3, 0.4) is 0 Å². The number of aromatic nitrogens is 1. The van der Waals surface area contributed by atoms with Crippen molar-refractivity contribution in [2.24, 2.45) is 7.05 Å². The molecule has 114 valence electrons. The zero-order chi connectivity index (χ0) is 15.6. The lowest BCUT2D eigenvalue weighted by atomic mass is 10.1. The molecule has 3 nitrogen and oxygen atoms in total. The van der Waals surface area contributed by atoms with E-state index in [0.717, 1.165) is 22.9 Å². The molecule has 0 aliphatic carbocycles. The Morgan fingerprint density at radius 3 is 2.45 bits per heavy atom. The summed E-state index contributed by atoms with van der Waals surface area (Å²) in [4.78, 5) is 0. The van der Waals surface area contributed by atoms with Crippen LogP contribution in [0.2, 0.25) is 0 Å². The van der Waals surface area contributed by atoms with Crippen LogP contribution in [0.25, 0.3) is 0 Å². The van der Waals surface area contributed by atoms with Crippen LogP contribution in [0.1, 0.15) is 17.0 Å². The average Bonchev–Trinajstić information content (AvgIpc) is 3.17. The third-order valence-corrected chi connectivity index (χ3v) is 7.47. The summed E-state index contributed by atoms with van der Waals surface area (Å²) in [6, 6.07) is 14.8. The van der Waals surface area contributed by atoms with E-state index in [4.69, 9.17) is 10.00 Å². The van der Waals surface area contributed by atoms with Gasteiger partial charge in [0, 0.05) is 29.9 Å². The lowest BCUT2D eigenvalue weighted by molar-refractivity contribution is 0.414. The molecule has 1 aliphatic heterocycles. The average molecular weight is 330 g/mol. The standard InChI is InChI=1S/C17H18N2OS2/c1-19-14(9-10-18)5-8-16(19)17(21-11-12-22-17)13-3-6-15(20-2)7-4-13/h3-8H,9,11-12H2,1-2H3. The fraction of sp³-hybridized carbons (Fsp3) is 0.353. The molecule has 0 spiro atoms. The molecule has 22 heavy (non-hydrogen) atoms. The van der Waals surface area contributed by atoms with Gasteiger partial charge in [0.25, 0.3) is 0 Å². The highest BCUT2D eigenvalue weighted by Crippen LogP contribution is 2.56. The third-order valence-electron chi connectivity index (χ3n) is 3.99. The molecule has 1 saturated heterocycles. The van der Waals surface area contributed by atoms with E-state index >= 15 is 0 Å². The van der Waals surface area contributed by atoms with E-state index in [1.807, 2.05) is 35.7 Å². The minimum absolute atomic E-state index is 0.0886. The maximum atomic E-state index is 8.97. The first-order valence-corrected chi connectivity index (χ1v) is 9.13. The molecule has 1 aromatic carbocycles. The number of rotatable bonds is 4. The quantitative estimate of drug-likeness (QED) is 0.855. The Hall–Kier alpha value is -1.51. The van der Waals surface area contributed by atoms with Gasteiger partial charge in [-0.15, -0.1) is 23.5 Å². The minimum Gasteiger partial charge on any atom is -0.497 e. The van der Waals surface area contributed by atoms with Crippen molar-refractivity contribution >= 4 is 23.5 Å². The molecule has 0 unspecified atom stereocenters.